The molecule has 1 aliphatic heterocycles. The zero-order valence-electron chi connectivity index (χ0n) is 17.2. The first-order valence-electron chi connectivity index (χ1n) is 10.3. The van der Waals surface area contributed by atoms with Gasteiger partial charge in [-0.2, -0.15) is 4.31 Å². The summed E-state index contributed by atoms with van der Waals surface area (Å²) in [5, 5.41) is 2.97. The minimum Gasteiger partial charge on any atom is -0.352 e. The van der Waals surface area contributed by atoms with Crippen LogP contribution in [0.1, 0.15) is 50.2 Å². The van der Waals surface area contributed by atoms with Crippen LogP contribution >= 0.6 is 0 Å². The predicted octanol–water partition coefficient (Wildman–Crippen LogP) is 3.92. The van der Waals surface area contributed by atoms with E-state index in [9.17, 15) is 13.2 Å². The first kappa shape index (κ1) is 21.5. The molecule has 3 rings (SSSR count). The molecule has 0 radical (unpaired) electrons. The Hall–Kier alpha value is -2.18. The average molecular weight is 415 g/mol. The maximum Gasteiger partial charge on any atom is 0.243 e. The van der Waals surface area contributed by atoms with Gasteiger partial charge in [-0.1, -0.05) is 56.3 Å². The summed E-state index contributed by atoms with van der Waals surface area (Å²) in [6, 6.07) is 17.0. The van der Waals surface area contributed by atoms with Gasteiger partial charge in [-0.05, 0) is 48.4 Å². The minimum absolute atomic E-state index is 0.00353. The van der Waals surface area contributed by atoms with Crippen LogP contribution in [0.15, 0.2) is 59.5 Å². The van der Waals surface area contributed by atoms with Crippen LogP contribution in [0.4, 0.5) is 0 Å². The summed E-state index contributed by atoms with van der Waals surface area (Å²) in [6.45, 7) is 5.51. The number of nitrogens with zero attached hydrogens (tertiary/aromatic N) is 1. The number of sulfonamides is 1. The van der Waals surface area contributed by atoms with E-state index in [1.165, 1.54) is 4.31 Å². The van der Waals surface area contributed by atoms with Crippen LogP contribution in [0.3, 0.4) is 0 Å². The second kappa shape index (κ2) is 9.55. The molecule has 0 spiro atoms. The SMILES string of the molecule is CCC(C)c1ccc(S(=O)(=O)N2CCC(C(=O)NCc3ccccc3)CC2)cc1. The fourth-order valence-corrected chi connectivity index (χ4v) is 5.11. The first-order valence-corrected chi connectivity index (χ1v) is 11.8. The molecule has 5 nitrogen and oxygen atoms in total. The second-order valence-corrected chi connectivity index (χ2v) is 9.70. The van der Waals surface area contributed by atoms with E-state index in [-0.39, 0.29) is 11.8 Å². The van der Waals surface area contributed by atoms with E-state index >= 15 is 0 Å². The Labute approximate surface area is 174 Å². The average Bonchev–Trinajstić information content (AvgIpc) is 2.77. The van der Waals surface area contributed by atoms with E-state index in [0.717, 1.165) is 17.5 Å². The topological polar surface area (TPSA) is 66.5 Å². The maximum atomic E-state index is 13.0. The summed E-state index contributed by atoms with van der Waals surface area (Å²) < 4.78 is 27.4. The number of hydrogen-bond donors (Lipinski definition) is 1. The molecular formula is C23H30N2O3S. The van der Waals surface area contributed by atoms with Crippen LogP contribution in [0, 0.1) is 5.92 Å². The lowest BCUT2D eigenvalue weighted by molar-refractivity contribution is -0.126. The van der Waals surface area contributed by atoms with Crippen molar-refractivity contribution in [3.8, 4) is 0 Å². The Morgan fingerprint density at radius 1 is 1.07 bits per heavy atom. The van der Waals surface area contributed by atoms with Crippen molar-refractivity contribution < 1.29 is 13.2 Å². The normalized spacial score (nSPS) is 17.0. The number of carbonyl (C=O) groups excluding carboxylic acids is 1. The van der Waals surface area contributed by atoms with Gasteiger partial charge in [-0.3, -0.25) is 4.79 Å². The molecule has 1 heterocycles. The van der Waals surface area contributed by atoms with Crippen molar-refractivity contribution >= 4 is 15.9 Å². The van der Waals surface area contributed by atoms with Crippen molar-refractivity contribution in [2.45, 2.75) is 50.5 Å². The molecule has 1 fully saturated rings. The van der Waals surface area contributed by atoms with Gasteiger partial charge in [0.15, 0.2) is 0 Å². The number of carbonyl (C=O) groups is 1. The number of piperidine rings is 1. The maximum absolute atomic E-state index is 13.0. The van der Waals surface area contributed by atoms with Gasteiger partial charge in [0.1, 0.15) is 0 Å². The van der Waals surface area contributed by atoms with Gasteiger partial charge in [0.05, 0.1) is 4.90 Å². The molecular weight excluding hydrogens is 384 g/mol. The van der Waals surface area contributed by atoms with Crippen molar-refractivity contribution in [1.82, 2.24) is 9.62 Å². The lowest BCUT2D eigenvalue weighted by atomic mass is 9.97. The van der Waals surface area contributed by atoms with Crippen LogP contribution in [-0.4, -0.2) is 31.7 Å². The highest BCUT2D eigenvalue weighted by Gasteiger charge is 2.32. The van der Waals surface area contributed by atoms with Crippen LogP contribution in [-0.2, 0) is 21.4 Å². The van der Waals surface area contributed by atoms with E-state index in [4.69, 9.17) is 0 Å². The van der Waals surface area contributed by atoms with Gasteiger partial charge in [-0.25, -0.2) is 8.42 Å². The van der Waals surface area contributed by atoms with E-state index in [1.54, 1.807) is 12.1 Å². The Morgan fingerprint density at radius 2 is 1.69 bits per heavy atom. The van der Waals surface area contributed by atoms with E-state index in [2.05, 4.69) is 19.2 Å². The van der Waals surface area contributed by atoms with Crippen molar-refractivity contribution in [2.24, 2.45) is 5.92 Å². The van der Waals surface area contributed by atoms with E-state index in [1.807, 2.05) is 42.5 Å². The molecule has 156 valence electrons. The van der Waals surface area contributed by atoms with E-state index < -0.39 is 10.0 Å². The van der Waals surface area contributed by atoms with Crippen LogP contribution < -0.4 is 5.32 Å². The fourth-order valence-electron chi connectivity index (χ4n) is 3.64. The van der Waals surface area contributed by atoms with Crippen LogP contribution in [0.5, 0.6) is 0 Å². The van der Waals surface area contributed by atoms with Gasteiger partial charge in [0, 0.05) is 25.6 Å². The number of benzene rings is 2. The van der Waals surface area contributed by atoms with Crippen molar-refractivity contribution in [3.63, 3.8) is 0 Å². The third-order valence-electron chi connectivity index (χ3n) is 5.83. The van der Waals surface area contributed by atoms with Gasteiger partial charge >= 0.3 is 0 Å². The molecule has 2 aromatic rings. The van der Waals surface area contributed by atoms with E-state index in [0.29, 0.717) is 43.3 Å². The molecule has 1 N–H and O–H groups in total. The van der Waals surface area contributed by atoms with Gasteiger partial charge < -0.3 is 5.32 Å². The molecule has 0 bridgehead atoms. The molecule has 1 amide bonds. The molecule has 6 heteroatoms. The summed E-state index contributed by atoms with van der Waals surface area (Å²) in [4.78, 5) is 12.8. The number of hydrogen-bond acceptors (Lipinski definition) is 3. The second-order valence-electron chi connectivity index (χ2n) is 7.76. The summed E-state index contributed by atoms with van der Waals surface area (Å²) >= 11 is 0. The zero-order valence-corrected chi connectivity index (χ0v) is 18.0. The number of rotatable bonds is 7. The highest BCUT2D eigenvalue weighted by atomic mass is 32.2. The van der Waals surface area contributed by atoms with Crippen LogP contribution in [0.25, 0.3) is 0 Å². The number of amides is 1. The summed E-state index contributed by atoms with van der Waals surface area (Å²) in [5.74, 6) is 0.277. The Bertz CT molecular complexity index is 903. The van der Waals surface area contributed by atoms with Gasteiger partial charge in [0.25, 0.3) is 0 Å². The Balaban J connectivity index is 1.55. The third kappa shape index (κ3) is 5.25. The van der Waals surface area contributed by atoms with Crippen molar-refractivity contribution in [1.29, 1.82) is 0 Å². The standard InChI is InChI=1S/C23H30N2O3S/c1-3-18(2)20-9-11-22(12-10-20)29(27,28)25-15-13-21(14-16-25)23(26)24-17-19-7-5-4-6-8-19/h4-12,18,21H,3,13-17H2,1-2H3,(H,24,26). The molecule has 29 heavy (non-hydrogen) atoms. The van der Waals surface area contributed by atoms with Gasteiger partial charge in [0.2, 0.25) is 15.9 Å². The number of nitrogens with one attached hydrogen (secondary N) is 1. The van der Waals surface area contributed by atoms with Crippen molar-refractivity contribution in [2.75, 3.05) is 13.1 Å². The Kier molecular flexibility index (Phi) is 7.09. The molecule has 1 atom stereocenters. The fraction of sp³-hybridized carbons (Fsp3) is 0.435. The highest BCUT2D eigenvalue weighted by molar-refractivity contribution is 7.89. The van der Waals surface area contributed by atoms with Crippen LogP contribution in [0.2, 0.25) is 0 Å². The molecule has 0 saturated carbocycles. The third-order valence-corrected chi connectivity index (χ3v) is 7.75. The quantitative estimate of drug-likeness (QED) is 0.747. The Morgan fingerprint density at radius 3 is 2.28 bits per heavy atom. The smallest absolute Gasteiger partial charge is 0.243 e. The highest BCUT2D eigenvalue weighted by Crippen LogP contribution is 2.26. The molecule has 1 unspecified atom stereocenters. The monoisotopic (exact) mass is 414 g/mol. The minimum atomic E-state index is -3.51. The first-order chi connectivity index (χ1) is 13.9. The predicted molar refractivity (Wildman–Crippen MR) is 115 cm³/mol. The summed E-state index contributed by atoms with van der Waals surface area (Å²) in [6.07, 6.45) is 2.11. The lowest BCUT2D eigenvalue weighted by Crippen LogP contribution is -2.42. The molecule has 2 aromatic carbocycles. The molecule has 1 saturated heterocycles. The van der Waals surface area contributed by atoms with Crippen molar-refractivity contribution in [3.05, 3.63) is 65.7 Å². The summed E-state index contributed by atoms with van der Waals surface area (Å²) in [5.41, 5.74) is 2.21. The molecule has 1 aliphatic rings. The largest absolute Gasteiger partial charge is 0.352 e. The summed E-state index contributed by atoms with van der Waals surface area (Å²) in [7, 11) is -3.51. The lowest BCUT2D eigenvalue weighted by Gasteiger charge is -2.30. The van der Waals surface area contributed by atoms with Gasteiger partial charge in [-0.15, -0.1) is 0 Å². The zero-order chi connectivity index (χ0) is 20.9. The molecule has 0 aromatic heterocycles. The molecule has 0 aliphatic carbocycles.